The Morgan fingerprint density at radius 1 is 1.00 bits per heavy atom. The van der Waals surface area contributed by atoms with Gasteiger partial charge >= 0.3 is 0 Å². The fourth-order valence-corrected chi connectivity index (χ4v) is 4.43. The quantitative estimate of drug-likeness (QED) is 0.529. The lowest BCUT2D eigenvalue weighted by Crippen LogP contribution is -2.18. The molecule has 1 amide bonds. The predicted octanol–water partition coefficient (Wildman–Crippen LogP) is 4.13. The van der Waals surface area contributed by atoms with E-state index in [2.05, 4.69) is 10.0 Å². The molecular formula is C23H23FN2O5S. The fraction of sp³-hybridized carbons (Fsp3) is 0.174. The van der Waals surface area contributed by atoms with Crippen molar-refractivity contribution in [3.05, 3.63) is 77.6 Å². The molecule has 0 aromatic heterocycles. The molecule has 0 aliphatic rings. The van der Waals surface area contributed by atoms with Gasteiger partial charge in [-0.2, -0.15) is 0 Å². The Labute approximate surface area is 186 Å². The van der Waals surface area contributed by atoms with Crippen LogP contribution in [0.25, 0.3) is 0 Å². The van der Waals surface area contributed by atoms with E-state index in [-0.39, 0.29) is 22.9 Å². The molecule has 0 spiro atoms. The number of anilines is 2. The van der Waals surface area contributed by atoms with Crippen molar-refractivity contribution in [3.63, 3.8) is 0 Å². The molecular weight excluding hydrogens is 435 g/mol. The average molecular weight is 459 g/mol. The second kappa shape index (κ2) is 9.69. The van der Waals surface area contributed by atoms with Gasteiger partial charge in [-0.15, -0.1) is 0 Å². The number of halogens is 1. The summed E-state index contributed by atoms with van der Waals surface area (Å²) in [5.41, 5.74) is 1.23. The maximum absolute atomic E-state index is 13.9. The van der Waals surface area contributed by atoms with Crippen molar-refractivity contribution in [2.75, 3.05) is 24.3 Å². The van der Waals surface area contributed by atoms with E-state index in [1.165, 1.54) is 38.5 Å². The highest BCUT2D eigenvalue weighted by Gasteiger charge is 2.20. The van der Waals surface area contributed by atoms with Gasteiger partial charge in [-0.3, -0.25) is 9.52 Å². The Morgan fingerprint density at radius 2 is 1.75 bits per heavy atom. The largest absolute Gasteiger partial charge is 0.497 e. The highest BCUT2D eigenvalue weighted by Crippen LogP contribution is 2.27. The van der Waals surface area contributed by atoms with Crippen LogP contribution in [-0.4, -0.2) is 28.5 Å². The number of hydrogen-bond acceptors (Lipinski definition) is 5. The number of nitrogens with one attached hydrogen (secondary N) is 2. The van der Waals surface area contributed by atoms with Crippen LogP contribution in [0.5, 0.6) is 11.5 Å². The lowest BCUT2D eigenvalue weighted by atomic mass is 10.1. The van der Waals surface area contributed by atoms with E-state index in [9.17, 15) is 17.6 Å². The Bertz CT molecular complexity index is 1240. The summed E-state index contributed by atoms with van der Waals surface area (Å²) in [5, 5.41) is 2.69. The topological polar surface area (TPSA) is 93.7 Å². The minimum atomic E-state index is -4.08. The Morgan fingerprint density at radius 3 is 2.44 bits per heavy atom. The number of amides is 1. The Hall–Kier alpha value is -3.59. The molecule has 0 radical (unpaired) electrons. The fourth-order valence-electron chi connectivity index (χ4n) is 3.09. The molecule has 3 aromatic carbocycles. The van der Waals surface area contributed by atoms with Crippen LogP contribution in [0.1, 0.15) is 11.1 Å². The van der Waals surface area contributed by atoms with E-state index >= 15 is 0 Å². The molecule has 2 N–H and O–H groups in total. The number of rotatable bonds is 8. The van der Waals surface area contributed by atoms with Crippen LogP contribution < -0.4 is 19.5 Å². The minimum absolute atomic E-state index is 0.0105. The van der Waals surface area contributed by atoms with Gasteiger partial charge in [0.1, 0.15) is 17.3 Å². The van der Waals surface area contributed by atoms with Gasteiger partial charge in [-0.1, -0.05) is 24.3 Å². The summed E-state index contributed by atoms with van der Waals surface area (Å²) in [6.07, 6.45) is 0.0105. The standard InChI is InChI=1S/C23H23FN2O5S/c1-15-8-10-17(13-22(15)32(28,29)26-20-7-5-4-6-19(20)24)25-23(27)12-16-9-11-18(30-2)14-21(16)31-3/h4-11,13-14,26H,12H2,1-3H3,(H,25,27). The number of carbonyl (C=O) groups excluding carboxylic acids is 1. The van der Waals surface area contributed by atoms with Crippen molar-refractivity contribution in [1.29, 1.82) is 0 Å². The van der Waals surface area contributed by atoms with Crippen LogP contribution in [0.4, 0.5) is 15.8 Å². The van der Waals surface area contributed by atoms with E-state index < -0.39 is 15.8 Å². The first-order valence-electron chi connectivity index (χ1n) is 9.62. The van der Waals surface area contributed by atoms with Crippen molar-refractivity contribution in [2.45, 2.75) is 18.2 Å². The molecule has 32 heavy (non-hydrogen) atoms. The molecule has 9 heteroatoms. The SMILES string of the molecule is COc1ccc(CC(=O)Nc2ccc(C)c(S(=O)(=O)Nc3ccccc3F)c2)c(OC)c1. The second-order valence-corrected chi connectivity index (χ2v) is 8.62. The van der Waals surface area contributed by atoms with E-state index in [1.807, 2.05) is 0 Å². The zero-order chi connectivity index (χ0) is 23.3. The monoisotopic (exact) mass is 458 g/mol. The van der Waals surface area contributed by atoms with Crippen molar-refractivity contribution in [1.82, 2.24) is 0 Å². The highest BCUT2D eigenvalue weighted by molar-refractivity contribution is 7.92. The van der Waals surface area contributed by atoms with Crippen LogP contribution in [0, 0.1) is 12.7 Å². The number of aryl methyl sites for hydroxylation is 1. The molecule has 0 unspecified atom stereocenters. The van der Waals surface area contributed by atoms with E-state index in [1.54, 1.807) is 37.3 Å². The van der Waals surface area contributed by atoms with Gasteiger partial charge < -0.3 is 14.8 Å². The van der Waals surface area contributed by atoms with Gasteiger partial charge in [0, 0.05) is 17.3 Å². The van der Waals surface area contributed by atoms with Crippen LogP contribution in [-0.2, 0) is 21.2 Å². The van der Waals surface area contributed by atoms with E-state index in [4.69, 9.17) is 9.47 Å². The minimum Gasteiger partial charge on any atom is -0.497 e. The van der Waals surface area contributed by atoms with Gasteiger partial charge in [0.05, 0.1) is 31.2 Å². The zero-order valence-electron chi connectivity index (χ0n) is 17.8. The molecule has 0 aliphatic heterocycles. The number of hydrogen-bond donors (Lipinski definition) is 2. The Balaban J connectivity index is 1.80. The summed E-state index contributed by atoms with van der Waals surface area (Å²) < 4.78 is 52.3. The third-order valence-electron chi connectivity index (χ3n) is 4.72. The zero-order valence-corrected chi connectivity index (χ0v) is 18.6. The maximum atomic E-state index is 13.9. The molecule has 0 saturated carbocycles. The first-order valence-corrected chi connectivity index (χ1v) is 11.1. The third-order valence-corrected chi connectivity index (χ3v) is 6.23. The lowest BCUT2D eigenvalue weighted by molar-refractivity contribution is -0.115. The summed E-state index contributed by atoms with van der Waals surface area (Å²) >= 11 is 0. The van der Waals surface area contributed by atoms with Gasteiger partial charge in [0.25, 0.3) is 10.0 Å². The molecule has 0 aliphatic carbocycles. The number of para-hydroxylation sites is 1. The normalized spacial score (nSPS) is 11.0. The van der Waals surface area contributed by atoms with Crippen molar-refractivity contribution < 1.29 is 27.1 Å². The smallest absolute Gasteiger partial charge is 0.262 e. The van der Waals surface area contributed by atoms with Crippen molar-refractivity contribution in [2.24, 2.45) is 0 Å². The number of benzene rings is 3. The number of carbonyl (C=O) groups is 1. The van der Waals surface area contributed by atoms with Crippen LogP contribution in [0.3, 0.4) is 0 Å². The Kier molecular flexibility index (Phi) is 6.99. The molecule has 168 valence electrons. The van der Waals surface area contributed by atoms with Crippen LogP contribution >= 0.6 is 0 Å². The number of ether oxygens (including phenoxy) is 2. The highest BCUT2D eigenvalue weighted by atomic mass is 32.2. The summed E-state index contributed by atoms with van der Waals surface area (Å²) in [6, 6.07) is 15.1. The lowest BCUT2D eigenvalue weighted by Gasteiger charge is -2.14. The molecule has 3 aromatic rings. The van der Waals surface area contributed by atoms with E-state index in [0.29, 0.717) is 28.3 Å². The van der Waals surface area contributed by atoms with Crippen LogP contribution in [0.15, 0.2) is 65.6 Å². The summed E-state index contributed by atoms with van der Waals surface area (Å²) in [4.78, 5) is 12.5. The molecule has 3 rings (SSSR count). The molecule has 0 atom stereocenters. The number of sulfonamides is 1. The number of methoxy groups -OCH3 is 2. The summed E-state index contributed by atoms with van der Waals surface area (Å²) in [5.74, 6) is 0.0526. The second-order valence-electron chi connectivity index (χ2n) is 6.97. The van der Waals surface area contributed by atoms with Crippen molar-refractivity contribution >= 4 is 27.3 Å². The average Bonchev–Trinajstić information content (AvgIpc) is 2.76. The first-order chi connectivity index (χ1) is 15.2. The molecule has 0 heterocycles. The van der Waals surface area contributed by atoms with Gasteiger partial charge in [-0.05, 0) is 42.8 Å². The third kappa shape index (κ3) is 5.36. The van der Waals surface area contributed by atoms with Gasteiger partial charge in [0.2, 0.25) is 5.91 Å². The van der Waals surface area contributed by atoms with Crippen molar-refractivity contribution in [3.8, 4) is 11.5 Å². The van der Waals surface area contributed by atoms with E-state index in [0.717, 1.165) is 6.07 Å². The van der Waals surface area contributed by atoms with Gasteiger partial charge in [0.15, 0.2) is 0 Å². The summed E-state index contributed by atoms with van der Waals surface area (Å²) in [7, 11) is -1.05. The predicted molar refractivity (Wildman–Crippen MR) is 120 cm³/mol. The molecule has 0 fully saturated rings. The summed E-state index contributed by atoms with van der Waals surface area (Å²) in [6.45, 7) is 1.61. The maximum Gasteiger partial charge on any atom is 0.262 e. The first kappa shape index (κ1) is 23.1. The van der Waals surface area contributed by atoms with Crippen LogP contribution in [0.2, 0.25) is 0 Å². The molecule has 0 saturated heterocycles. The molecule has 7 nitrogen and oxygen atoms in total. The van der Waals surface area contributed by atoms with Gasteiger partial charge in [-0.25, -0.2) is 12.8 Å². The molecule has 0 bridgehead atoms.